The Hall–Kier alpha value is -5.10. The van der Waals surface area contributed by atoms with Crippen molar-refractivity contribution < 1.29 is 9.47 Å². The zero-order valence-corrected chi connectivity index (χ0v) is 28.7. The number of nitrogens with zero attached hydrogens (tertiary/aromatic N) is 3. The third kappa shape index (κ3) is 4.93. The largest absolute Gasteiger partial charge is 0.458 e. The fourth-order valence-corrected chi connectivity index (χ4v) is 7.28. The van der Waals surface area contributed by atoms with Crippen molar-refractivity contribution in [2.24, 2.45) is 0 Å². The number of imidazole rings is 1. The second-order valence-corrected chi connectivity index (χ2v) is 14.7. The van der Waals surface area contributed by atoms with E-state index in [1.165, 1.54) is 22.4 Å². The van der Waals surface area contributed by atoms with E-state index in [9.17, 15) is 0 Å². The minimum atomic E-state index is -0.0769. The summed E-state index contributed by atoms with van der Waals surface area (Å²) in [6, 6.07) is 30.0. The molecule has 0 fully saturated rings. The van der Waals surface area contributed by atoms with Crippen LogP contribution in [0.3, 0.4) is 0 Å². The Bertz CT molecular complexity index is 2170. The van der Waals surface area contributed by atoms with Crippen molar-refractivity contribution in [1.82, 2.24) is 14.5 Å². The van der Waals surface area contributed by atoms with E-state index < -0.39 is 0 Å². The van der Waals surface area contributed by atoms with Gasteiger partial charge in [-0.3, -0.25) is 9.55 Å². The summed E-state index contributed by atoms with van der Waals surface area (Å²) < 4.78 is 15.4. The molecule has 0 bridgehead atoms. The van der Waals surface area contributed by atoms with E-state index in [0.717, 1.165) is 62.0 Å². The van der Waals surface area contributed by atoms with Gasteiger partial charge in [0.05, 0.1) is 11.4 Å². The maximum absolute atomic E-state index is 6.58. The molecule has 0 radical (unpaired) electrons. The van der Waals surface area contributed by atoms with Crippen LogP contribution >= 0.6 is 0 Å². The molecule has 0 amide bonds. The lowest BCUT2D eigenvalue weighted by Crippen LogP contribution is -2.57. The summed E-state index contributed by atoms with van der Waals surface area (Å²) in [5, 5.41) is 0. The van der Waals surface area contributed by atoms with E-state index in [4.69, 9.17) is 19.4 Å². The summed E-state index contributed by atoms with van der Waals surface area (Å²) in [6.45, 7) is 15.7. The van der Waals surface area contributed by atoms with E-state index >= 15 is 0 Å². The summed E-state index contributed by atoms with van der Waals surface area (Å²) in [5.41, 5.74) is 11.5. The van der Waals surface area contributed by atoms with E-state index in [1.54, 1.807) is 0 Å². The number of hydrogen-bond donors (Lipinski definition) is 0. The van der Waals surface area contributed by atoms with Gasteiger partial charge >= 0.3 is 0 Å². The molecule has 2 aliphatic rings. The van der Waals surface area contributed by atoms with Crippen molar-refractivity contribution in [3.63, 3.8) is 0 Å². The van der Waals surface area contributed by atoms with Crippen LogP contribution in [0.1, 0.15) is 77.0 Å². The average molecular weight is 630 g/mol. The first-order chi connectivity index (χ1) is 23.1. The number of hydrogen-bond acceptors (Lipinski definition) is 4. The van der Waals surface area contributed by atoms with Crippen LogP contribution in [0, 0.1) is 0 Å². The summed E-state index contributed by atoms with van der Waals surface area (Å²) in [6.07, 6.45) is 5.93. The summed E-state index contributed by atoms with van der Waals surface area (Å²) in [5.74, 6) is 5.01. The molecular weight excluding hydrogens is 589 g/mol. The third-order valence-corrected chi connectivity index (χ3v) is 9.80. The monoisotopic (exact) mass is 629 g/mol. The highest BCUT2D eigenvalue weighted by molar-refractivity contribution is 6.98. The van der Waals surface area contributed by atoms with Gasteiger partial charge in [-0.1, -0.05) is 84.9 Å². The highest BCUT2D eigenvalue weighted by Gasteiger charge is 2.40. The quantitative estimate of drug-likeness (QED) is 0.179. The minimum absolute atomic E-state index is 0.0240. The Morgan fingerprint density at radius 1 is 0.646 bits per heavy atom. The molecule has 0 unspecified atom stereocenters. The number of aromatic nitrogens is 3. The first-order valence-electron chi connectivity index (χ1n) is 17.0. The summed E-state index contributed by atoms with van der Waals surface area (Å²) in [4.78, 5) is 9.75. The highest BCUT2D eigenvalue weighted by atomic mass is 16.5. The topological polar surface area (TPSA) is 49.2 Å². The van der Waals surface area contributed by atoms with Crippen molar-refractivity contribution in [3.8, 4) is 51.3 Å². The van der Waals surface area contributed by atoms with Crippen LogP contribution in [-0.4, -0.2) is 21.2 Å². The van der Waals surface area contributed by atoms with E-state index in [1.807, 2.05) is 30.6 Å². The Kier molecular flexibility index (Phi) is 7.10. The molecule has 0 N–H and O–H groups in total. The molecule has 6 heteroatoms. The van der Waals surface area contributed by atoms with Gasteiger partial charge in [-0.05, 0) is 99.0 Å². The Labute approximate surface area is 283 Å². The van der Waals surface area contributed by atoms with Gasteiger partial charge in [0.1, 0.15) is 28.8 Å². The third-order valence-electron chi connectivity index (χ3n) is 9.80. The van der Waals surface area contributed by atoms with Crippen molar-refractivity contribution >= 4 is 23.1 Å². The van der Waals surface area contributed by atoms with Crippen LogP contribution in [0.5, 0.6) is 23.0 Å². The zero-order chi connectivity index (χ0) is 33.3. The Balaban J connectivity index is 1.30. The van der Waals surface area contributed by atoms with Gasteiger partial charge in [-0.15, -0.1) is 0 Å². The summed E-state index contributed by atoms with van der Waals surface area (Å²) in [7, 11) is 0. The van der Waals surface area contributed by atoms with Crippen molar-refractivity contribution in [3.05, 3.63) is 120 Å². The number of fused-ring (bicyclic) bond motifs is 4. The van der Waals surface area contributed by atoms with Crippen molar-refractivity contribution in [2.75, 3.05) is 0 Å². The molecule has 6 aromatic rings. The predicted molar refractivity (Wildman–Crippen MR) is 197 cm³/mol. The highest BCUT2D eigenvalue weighted by Crippen LogP contribution is 2.38. The van der Waals surface area contributed by atoms with Gasteiger partial charge in [-0.2, -0.15) is 0 Å². The zero-order valence-electron chi connectivity index (χ0n) is 28.7. The minimum Gasteiger partial charge on any atom is -0.458 e. The molecule has 0 aliphatic carbocycles. The van der Waals surface area contributed by atoms with Crippen LogP contribution in [0.15, 0.2) is 104 Å². The molecule has 5 nitrogen and oxygen atoms in total. The second-order valence-electron chi connectivity index (χ2n) is 14.7. The lowest BCUT2D eigenvalue weighted by molar-refractivity contribution is 0.464. The van der Waals surface area contributed by atoms with Crippen LogP contribution in [-0.2, 0) is 5.41 Å². The molecule has 0 atom stereocenters. The van der Waals surface area contributed by atoms with Crippen molar-refractivity contribution in [2.45, 2.75) is 65.7 Å². The normalized spacial score (nSPS) is 13.1. The summed E-state index contributed by atoms with van der Waals surface area (Å²) >= 11 is 0. The smallest absolute Gasteiger partial charge is 0.260 e. The SMILES string of the molecule is CC(C)c1cccc(C(C)C)c1-n1ccnc1-c1ccc2c(c1)B1c3cc(-c4cc(C(C)(C)C)ccn4)ccc3Oc3cccc(c31)O2. The Morgan fingerprint density at radius 2 is 1.25 bits per heavy atom. The molecule has 8 rings (SSSR count). The van der Waals surface area contributed by atoms with Gasteiger partial charge in [0.25, 0.3) is 6.71 Å². The molecule has 4 heterocycles. The van der Waals surface area contributed by atoms with E-state index in [-0.39, 0.29) is 12.1 Å². The first kappa shape index (κ1) is 30.3. The lowest BCUT2D eigenvalue weighted by Gasteiger charge is -2.33. The van der Waals surface area contributed by atoms with E-state index in [0.29, 0.717) is 11.8 Å². The molecule has 2 aliphatic heterocycles. The fraction of sp³-hybridized carbons (Fsp3) is 0.238. The number of ether oxygens (including phenoxy) is 2. The molecule has 0 spiro atoms. The number of para-hydroxylation sites is 1. The van der Waals surface area contributed by atoms with Gasteiger partial charge in [-0.25, -0.2) is 4.98 Å². The van der Waals surface area contributed by atoms with Gasteiger partial charge < -0.3 is 9.47 Å². The number of rotatable bonds is 5. The maximum Gasteiger partial charge on any atom is 0.260 e. The molecule has 4 aromatic carbocycles. The van der Waals surface area contributed by atoms with Crippen LogP contribution in [0.2, 0.25) is 0 Å². The van der Waals surface area contributed by atoms with E-state index in [2.05, 4.69) is 126 Å². The Morgan fingerprint density at radius 3 is 1.88 bits per heavy atom. The number of benzene rings is 4. The average Bonchev–Trinajstić information content (AvgIpc) is 3.57. The van der Waals surface area contributed by atoms with Gasteiger partial charge in [0, 0.05) is 29.6 Å². The maximum atomic E-state index is 6.58. The van der Waals surface area contributed by atoms with Gasteiger partial charge in [0.15, 0.2) is 0 Å². The van der Waals surface area contributed by atoms with Crippen LogP contribution in [0.25, 0.3) is 28.3 Å². The lowest BCUT2D eigenvalue weighted by atomic mass is 9.34. The molecular formula is C42H40BN3O2. The standard InChI is InChI=1S/C42H40BN3O2/c1-25(2)30-10-8-11-31(26(3)4)40(30)46-21-20-45-41(46)28-15-17-36-33(23-28)43-32-22-27(34-24-29(18-19-44-34)42(5,6)7)14-16-35(32)47-37-12-9-13-38(48-36)39(37)43/h8-26H,1-7H3. The van der Waals surface area contributed by atoms with Crippen molar-refractivity contribution in [1.29, 1.82) is 0 Å². The van der Waals surface area contributed by atoms with Gasteiger partial charge in [0.2, 0.25) is 0 Å². The predicted octanol–water partition coefficient (Wildman–Crippen LogP) is 8.87. The second kappa shape index (κ2) is 11.3. The first-order valence-corrected chi connectivity index (χ1v) is 17.0. The van der Waals surface area contributed by atoms with Crippen LogP contribution in [0.4, 0.5) is 0 Å². The number of pyridine rings is 1. The molecule has 48 heavy (non-hydrogen) atoms. The fourth-order valence-electron chi connectivity index (χ4n) is 7.28. The van der Waals surface area contributed by atoms with Crippen LogP contribution < -0.4 is 25.9 Å². The molecule has 0 saturated heterocycles. The molecule has 238 valence electrons. The molecule has 2 aromatic heterocycles. The molecule has 0 saturated carbocycles.